The highest BCUT2D eigenvalue weighted by atomic mass is 35.5. The topological polar surface area (TPSA) is 109 Å². The average molecular weight is 528 g/mol. The molecule has 1 aliphatic heterocycles. The summed E-state index contributed by atoms with van der Waals surface area (Å²) < 4.78 is 64.4. The number of pyridine rings is 1. The molecule has 2 unspecified atom stereocenters. The Morgan fingerprint density at radius 2 is 2.12 bits per heavy atom. The van der Waals surface area contributed by atoms with Crippen molar-refractivity contribution in [1.29, 1.82) is 0 Å². The van der Waals surface area contributed by atoms with E-state index in [1.54, 1.807) is 11.3 Å². The van der Waals surface area contributed by atoms with Crippen molar-refractivity contribution < 1.29 is 36.2 Å². The first-order valence-corrected chi connectivity index (χ1v) is 12.4. The number of carbonyl (C=O) groups is 1. The molecule has 1 aliphatic carbocycles. The number of rotatable bonds is 6. The van der Waals surface area contributed by atoms with Crippen LogP contribution in [-0.2, 0) is 26.0 Å². The Morgan fingerprint density at radius 1 is 1.42 bits per heavy atom. The second-order valence-electron chi connectivity index (χ2n) is 7.32. The van der Waals surface area contributed by atoms with Gasteiger partial charge in [0.1, 0.15) is 10.7 Å². The van der Waals surface area contributed by atoms with Gasteiger partial charge in [0, 0.05) is 29.0 Å². The zero-order valence-corrected chi connectivity index (χ0v) is 19.7. The van der Waals surface area contributed by atoms with Crippen molar-refractivity contribution in [3.8, 4) is 0 Å². The van der Waals surface area contributed by atoms with Crippen LogP contribution in [0.1, 0.15) is 16.2 Å². The standard InChI is InChI=1S/C17H20ClN3O3S2.C2HF3O2/c1-11-2-3-12(25-11)4-5-19-17-14(18)8-13(10-20-17)26(22,23)21-6-7-24-16-9-15(16)21;3-2(4,5)1(6)7/h2-3,8,10,15-16H,4-7,9H2,1H3,(H,19,20);(H,6,7). The van der Waals surface area contributed by atoms with Gasteiger partial charge in [-0.25, -0.2) is 18.2 Å². The number of aryl methyl sites for hydroxylation is 1. The van der Waals surface area contributed by atoms with Crippen molar-refractivity contribution in [2.45, 2.75) is 43.0 Å². The highest BCUT2D eigenvalue weighted by molar-refractivity contribution is 7.89. The third kappa shape index (κ3) is 6.57. The predicted molar refractivity (Wildman–Crippen MR) is 116 cm³/mol. The maximum absolute atomic E-state index is 12.8. The first-order chi connectivity index (χ1) is 15.4. The molecule has 2 aliphatic rings. The van der Waals surface area contributed by atoms with Gasteiger partial charge in [-0.15, -0.1) is 11.3 Å². The number of carboxylic acids is 1. The maximum Gasteiger partial charge on any atom is 0.490 e. The number of sulfonamides is 1. The van der Waals surface area contributed by atoms with Gasteiger partial charge in [-0.2, -0.15) is 17.5 Å². The number of aromatic nitrogens is 1. The minimum Gasteiger partial charge on any atom is -0.475 e. The van der Waals surface area contributed by atoms with E-state index in [1.165, 1.54) is 26.3 Å². The summed E-state index contributed by atoms with van der Waals surface area (Å²) in [5, 5.41) is 10.6. The molecule has 2 aromatic heterocycles. The summed E-state index contributed by atoms with van der Waals surface area (Å²) >= 11 is 8.04. The van der Waals surface area contributed by atoms with Gasteiger partial charge in [0.15, 0.2) is 0 Å². The Hall–Kier alpha value is -1.93. The summed E-state index contributed by atoms with van der Waals surface area (Å²) in [7, 11) is -3.59. The number of fused-ring (bicyclic) bond motifs is 1. The van der Waals surface area contributed by atoms with E-state index >= 15 is 0 Å². The number of anilines is 1. The third-order valence-corrected chi connectivity index (χ3v) is 8.08. The maximum atomic E-state index is 12.8. The molecule has 0 radical (unpaired) electrons. The van der Waals surface area contributed by atoms with Crippen molar-refractivity contribution in [1.82, 2.24) is 9.29 Å². The number of aliphatic carboxylic acids is 1. The highest BCUT2D eigenvalue weighted by Gasteiger charge is 2.50. The van der Waals surface area contributed by atoms with Crippen molar-refractivity contribution in [3.05, 3.63) is 39.2 Å². The molecule has 2 atom stereocenters. The van der Waals surface area contributed by atoms with Crippen LogP contribution >= 0.6 is 22.9 Å². The summed E-state index contributed by atoms with van der Waals surface area (Å²) in [5.74, 6) is -2.25. The summed E-state index contributed by atoms with van der Waals surface area (Å²) in [4.78, 5) is 15.8. The van der Waals surface area contributed by atoms with Crippen LogP contribution in [-0.4, -0.2) is 66.8 Å². The number of hydrogen-bond acceptors (Lipinski definition) is 7. The molecular formula is C19H21ClF3N3O5S2. The normalized spacial score (nSPS) is 20.4. The molecule has 2 fully saturated rings. The van der Waals surface area contributed by atoms with Crippen LogP contribution in [0.5, 0.6) is 0 Å². The van der Waals surface area contributed by atoms with Crippen LogP contribution in [0.2, 0.25) is 5.02 Å². The van der Waals surface area contributed by atoms with Crippen LogP contribution < -0.4 is 5.32 Å². The lowest BCUT2D eigenvalue weighted by Crippen LogP contribution is -2.41. The summed E-state index contributed by atoms with van der Waals surface area (Å²) in [5.41, 5.74) is 0. The molecule has 2 N–H and O–H groups in total. The quantitative estimate of drug-likeness (QED) is 0.591. The lowest BCUT2D eigenvalue weighted by Gasteiger charge is -2.25. The van der Waals surface area contributed by atoms with Crippen LogP contribution in [0.15, 0.2) is 29.3 Å². The molecule has 1 saturated carbocycles. The Morgan fingerprint density at radius 3 is 2.70 bits per heavy atom. The van der Waals surface area contributed by atoms with Gasteiger partial charge in [-0.3, -0.25) is 0 Å². The number of hydrogen-bond donors (Lipinski definition) is 2. The first kappa shape index (κ1) is 25.7. The molecule has 0 bridgehead atoms. The Balaban J connectivity index is 0.000000383. The average Bonchev–Trinajstić information content (AvgIpc) is 3.42. The molecule has 1 saturated heterocycles. The zero-order valence-electron chi connectivity index (χ0n) is 17.3. The number of halogens is 4. The second-order valence-corrected chi connectivity index (χ2v) is 11.0. The monoisotopic (exact) mass is 527 g/mol. The minimum absolute atomic E-state index is 0.0421. The number of morpholine rings is 1. The number of nitrogens with one attached hydrogen (secondary N) is 1. The van der Waals surface area contributed by atoms with Crippen molar-refractivity contribution in [3.63, 3.8) is 0 Å². The third-order valence-electron chi connectivity index (χ3n) is 4.84. The zero-order chi connectivity index (χ0) is 24.4. The van der Waals surface area contributed by atoms with E-state index in [1.807, 2.05) is 0 Å². The van der Waals surface area contributed by atoms with Gasteiger partial charge in [0.2, 0.25) is 10.0 Å². The van der Waals surface area contributed by atoms with E-state index in [-0.39, 0.29) is 17.0 Å². The van der Waals surface area contributed by atoms with Crippen molar-refractivity contribution in [2.24, 2.45) is 0 Å². The van der Waals surface area contributed by atoms with Crippen molar-refractivity contribution in [2.75, 3.05) is 25.0 Å². The van der Waals surface area contributed by atoms with Gasteiger partial charge < -0.3 is 15.2 Å². The number of carboxylic acid groups (broad SMARTS) is 1. The van der Waals surface area contributed by atoms with E-state index in [9.17, 15) is 21.6 Å². The molecule has 2 aromatic rings. The second kappa shape index (κ2) is 10.1. The van der Waals surface area contributed by atoms with Crippen LogP contribution in [0, 0.1) is 6.92 Å². The Kier molecular flexibility index (Phi) is 7.89. The van der Waals surface area contributed by atoms with E-state index in [4.69, 9.17) is 26.2 Å². The van der Waals surface area contributed by atoms with Gasteiger partial charge >= 0.3 is 12.1 Å². The molecule has 0 aromatic carbocycles. The smallest absolute Gasteiger partial charge is 0.475 e. The van der Waals surface area contributed by atoms with E-state index in [0.717, 1.165) is 12.8 Å². The van der Waals surface area contributed by atoms with Crippen molar-refractivity contribution >= 4 is 44.7 Å². The molecule has 14 heteroatoms. The number of nitrogens with zero attached hydrogens (tertiary/aromatic N) is 2. The predicted octanol–water partition coefficient (Wildman–Crippen LogP) is 3.55. The molecule has 33 heavy (non-hydrogen) atoms. The first-order valence-electron chi connectivity index (χ1n) is 9.78. The van der Waals surface area contributed by atoms with Crippen LogP contribution in [0.4, 0.5) is 19.0 Å². The summed E-state index contributed by atoms with van der Waals surface area (Å²) in [6, 6.07) is 5.65. The fourth-order valence-corrected chi connectivity index (χ4v) is 5.95. The summed E-state index contributed by atoms with van der Waals surface area (Å²) in [6.45, 7) is 3.58. The van der Waals surface area contributed by atoms with Gasteiger partial charge in [-0.1, -0.05) is 11.6 Å². The lowest BCUT2D eigenvalue weighted by atomic mass is 10.3. The minimum atomic E-state index is -5.08. The fraction of sp³-hybridized carbons (Fsp3) is 0.474. The van der Waals surface area contributed by atoms with Gasteiger partial charge in [-0.05, 0) is 38.0 Å². The molecule has 3 heterocycles. The number of ether oxygens (including phenoxy) is 1. The largest absolute Gasteiger partial charge is 0.490 e. The van der Waals surface area contributed by atoms with Gasteiger partial charge in [0.05, 0.1) is 23.8 Å². The van der Waals surface area contributed by atoms with Crippen LogP contribution in [0.3, 0.4) is 0 Å². The molecule has 0 spiro atoms. The van der Waals surface area contributed by atoms with Gasteiger partial charge in [0.25, 0.3) is 0 Å². The lowest BCUT2D eigenvalue weighted by molar-refractivity contribution is -0.192. The Labute approximate surface area is 197 Å². The number of thiophene rings is 1. The summed E-state index contributed by atoms with van der Waals surface area (Å²) in [6.07, 6.45) is -2.02. The van der Waals surface area contributed by atoms with E-state index in [0.29, 0.717) is 30.5 Å². The molecule has 182 valence electrons. The molecule has 8 nitrogen and oxygen atoms in total. The molecular weight excluding hydrogens is 507 g/mol. The van der Waals surface area contributed by atoms with Crippen LogP contribution in [0.25, 0.3) is 0 Å². The van der Waals surface area contributed by atoms with E-state index < -0.39 is 22.2 Å². The molecule has 0 amide bonds. The highest BCUT2D eigenvalue weighted by Crippen LogP contribution is 2.38. The fourth-order valence-electron chi connectivity index (χ4n) is 3.15. The number of alkyl halides is 3. The van der Waals surface area contributed by atoms with E-state index in [2.05, 4.69) is 29.4 Å². The molecule has 4 rings (SSSR count). The SMILES string of the molecule is Cc1ccc(CCNc2ncc(S(=O)(=O)N3CCOC4CC43)cc2Cl)s1.O=C(O)C(F)(F)F. The Bertz CT molecular complexity index is 1110.